The zero-order valence-corrected chi connectivity index (χ0v) is 10.7. The maximum atomic E-state index is 11.6. The molecule has 0 spiro atoms. The lowest BCUT2D eigenvalue weighted by molar-refractivity contribution is -0.121. The number of carbonyl (C=O) groups excluding carboxylic acids is 1. The lowest BCUT2D eigenvalue weighted by Gasteiger charge is -2.14. The van der Waals surface area contributed by atoms with E-state index in [2.05, 4.69) is 29.5 Å². The van der Waals surface area contributed by atoms with Crippen LogP contribution < -0.4 is 10.6 Å². The molecule has 94 valence electrons. The van der Waals surface area contributed by atoms with Crippen LogP contribution in [0.25, 0.3) is 0 Å². The summed E-state index contributed by atoms with van der Waals surface area (Å²) in [5.41, 5.74) is 0.887. The van der Waals surface area contributed by atoms with Crippen LogP contribution >= 0.6 is 0 Å². The molecule has 0 bridgehead atoms. The normalized spacial score (nSPS) is 12.5. The predicted octanol–water partition coefficient (Wildman–Crippen LogP) is 1.65. The van der Waals surface area contributed by atoms with Gasteiger partial charge in [-0.05, 0) is 19.1 Å². The molecule has 1 aromatic rings. The number of aromatic nitrogens is 1. The van der Waals surface area contributed by atoms with Crippen molar-refractivity contribution in [2.24, 2.45) is 0 Å². The number of hydrogen-bond donors (Lipinski definition) is 2. The Morgan fingerprint density at radius 3 is 2.71 bits per heavy atom. The first kappa shape index (κ1) is 13.6. The van der Waals surface area contributed by atoms with Gasteiger partial charge >= 0.3 is 0 Å². The van der Waals surface area contributed by atoms with Crippen LogP contribution in [0.3, 0.4) is 0 Å². The summed E-state index contributed by atoms with van der Waals surface area (Å²) >= 11 is 0. The van der Waals surface area contributed by atoms with E-state index in [-0.39, 0.29) is 11.9 Å². The van der Waals surface area contributed by atoms with Crippen molar-refractivity contribution in [1.29, 1.82) is 0 Å². The second-order valence-corrected chi connectivity index (χ2v) is 4.40. The molecule has 1 heterocycles. The van der Waals surface area contributed by atoms with E-state index in [0.29, 0.717) is 19.0 Å². The van der Waals surface area contributed by atoms with Gasteiger partial charge in [0.25, 0.3) is 0 Å². The average Bonchev–Trinajstić information content (AvgIpc) is 2.29. The van der Waals surface area contributed by atoms with Gasteiger partial charge in [-0.1, -0.05) is 19.9 Å². The number of pyridine rings is 1. The van der Waals surface area contributed by atoms with E-state index in [4.69, 9.17) is 0 Å². The number of nitrogens with zero attached hydrogens (tertiary/aromatic N) is 1. The van der Waals surface area contributed by atoms with Crippen LogP contribution in [0, 0.1) is 0 Å². The quantitative estimate of drug-likeness (QED) is 0.788. The van der Waals surface area contributed by atoms with Gasteiger partial charge in [-0.25, -0.2) is 0 Å². The molecule has 2 N–H and O–H groups in total. The van der Waals surface area contributed by atoms with Crippen LogP contribution in [-0.2, 0) is 4.79 Å². The van der Waals surface area contributed by atoms with Gasteiger partial charge < -0.3 is 10.6 Å². The van der Waals surface area contributed by atoms with Crippen LogP contribution in [0.5, 0.6) is 0 Å². The lowest BCUT2D eigenvalue weighted by Crippen LogP contribution is -2.32. The van der Waals surface area contributed by atoms with E-state index < -0.39 is 0 Å². The van der Waals surface area contributed by atoms with Crippen molar-refractivity contribution in [3.8, 4) is 0 Å². The minimum Gasteiger partial charge on any atom is -0.348 e. The Morgan fingerprint density at radius 1 is 1.35 bits per heavy atom. The van der Waals surface area contributed by atoms with Gasteiger partial charge in [0, 0.05) is 25.2 Å². The number of rotatable bonds is 6. The minimum atomic E-state index is -0.0391. The van der Waals surface area contributed by atoms with Crippen molar-refractivity contribution >= 4 is 5.91 Å². The van der Waals surface area contributed by atoms with Gasteiger partial charge in [0.15, 0.2) is 0 Å². The highest BCUT2D eigenvalue weighted by molar-refractivity contribution is 5.76. The molecular formula is C13H21N3O. The molecular weight excluding hydrogens is 214 g/mol. The van der Waals surface area contributed by atoms with Crippen LogP contribution in [0.15, 0.2) is 24.4 Å². The molecule has 0 saturated heterocycles. The van der Waals surface area contributed by atoms with E-state index in [1.54, 1.807) is 6.20 Å². The molecule has 0 saturated carbocycles. The van der Waals surface area contributed by atoms with Crippen molar-refractivity contribution < 1.29 is 4.79 Å². The number of carbonyl (C=O) groups is 1. The van der Waals surface area contributed by atoms with Crippen molar-refractivity contribution in [1.82, 2.24) is 15.6 Å². The Bertz CT molecular complexity index is 338. The smallest absolute Gasteiger partial charge is 0.221 e. The molecule has 0 fully saturated rings. The summed E-state index contributed by atoms with van der Waals surface area (Å²) in [7, 11) is 0. The Labute approximate surface area is 103 Å². The largest absolute Gasteiger partial charge is 0.348 e. The minimum absolute atomic E-state index is 0.0391. The van der Waals surface area contributed by atoms with Crippen molar-refractivity contribution in [3.63, 3.8) is 0 Å². The monoisotopic (exact) mass is 235 g/mol. The number of nitrogens with one attached hydrogen (secondary N) is 2. The van der Waals surface area contributed by atoms with E-state index >= 15 is 0 Å². The van der Waals surface area contributed by atoms with Crippen LogP contribution in [0.4, 0.5) is 0 Å². The first-order valence-corrected chi connectivity index (χ1v) is 6.03. The molecule has 1 atom stereocenters. The van der Waals surface area contributed by atoms with Crippen molar-refractivity contribution in [2.75, 3.05) is 6.54 Å². The molecule has 4 heteroatoms. The van der Waals surface area contributed by atoms with Gasteiger partial charge in [-0.2, -0.15) is 0 Å². The molecule has 1 rings (SSSR count). The summed E-state index contributed by atoms with van der Waals surface area (Å²) in [4.78, 5) is 15.8. The Hall–Kier alpha value is -1.42. The molecule has 0 aromatic carbocycles. The van der Waals surface area contributed by atoms with Crippen LogP contribution in [-0.4, -0.2) is 23.5 Å². The zero-order chi connectivity index (χ0) is 12.7. The first-order valence-electron chi connectivity index (χ1n) is 6.03. The number of amides is 1. The Morgan fingerprint density at radius 2 is 2.12 bits per heavy atom. The highest BCUT2D eigenvalue weighted by atomic mass is 16.1. The van der Waals surface area contributed by atoms with E-state index in [1.165, 1.54) is 0 Å². The summed E-state index contributed by atoms with van der Waals surface area (Å²) in [5, 5.41) is 6.14. The third kappa shape index (κ3) is 5.45. The van der Waals surface area contributed by atoms with Crippen LogP contribution in [0.1, 0.15) is 38.9 Å². The summed E-state index contributed by atoms with van der Waals surface area (Å²) in [6.45, 7) is 6.78. The third-order valence-corrected chi connectivity index (χ3v) is 2.41. The van der Waals surface area contributed by atoms with E-state index in [0.717, 1.165) is 5.69 Å². The predicted molar refractivity (Wildman–Crippen MR) is 68.6 cm³/mol. The van der Waals surface area contributed by atoms with E-state index in [9.17, 15) is 4.79 Å². The fourth-order valence-corrected chi connectivity index (χ4v) is 1.49. The van der Waals surface area contributed by atoms with Gasteiger partial charge in [0.2, 0.25) is 5.91 Å². The maximum absolute atomic E-state index is 11.6. The van der Waals surface area contributed by atoms with Crippen molar-refractivity contribution in [2.45, 2.75) is 39.3 Å². The molecule has 0 radical (unpaired) electrons. The Kier molecular flexibility index (Phi) is 5.63. The van der Waals surface area contributed by atoms with Gasteiger partial charge in [-0.3, -0.25) is 9.78 Å². The molecule has 4 nitrogen and oxygen atoms in total. The molecule has 0 aliphatic heterocycles. The van der Waals surface area contributed by atoms with Gasteiger partial charge in [-0.15, -0.1) is 0 Å². The van der Waals surface area contributed by atoms with Crippen LogP contribution in [0.2, 0.25) is 0 Å². The summed E-state index contributed by atoms with van der Waals surface area (Å²) in [6.07, 6.45) is 2.23. The standard InChI is InChI=1S/C13H21N3O/c1-10(2)14-9-7-13(17)16-11(3)12-6-4-5-8-15-12/h4-6,8,10-11,14H,7,9H2,1-3H3,(H,16,17). The molecule has 0 aliphatic rings. The van der Waals surface area contributed by atoms with Gasteiger partial charge in [0.1, 0.15) is 0 Å². The second-order valence-electron chi connectivity index (χ2n) is 4.40. The average molecular weight is 235 g/mol. The molecule has 1 unspecified atom stereocenters. The molecule has 0 aliphatic carbocycles. The third-order valence-electron chi connectivity index (χ3n) is 2.41. The molecule has 17 heavy (non-hydrogen) atoms. The Balaban J connectivity index is 2.31. The molecule has 1 aromatic heterocycles. The second kappa shape index (κ2) is 7.01. The lowest BCUT2D eigenvalue weighted by atomic mass is 10.2. The van der Waals surface area contributed by atoms with Crippen molar-refractivity contribution in [3.05, 3.63) is 30.1 Å². The summed E-state index contributed by atoms with van der Waals surface area (Å²) in [5.74, 6) is 0.0521. The topological polar surface area (TPSA) is 54.0 Å². The summed E-state index contributed by atoms with van der Waals surface area (Å²) in [6, 6.07) is 6.08. The summed E-state index contributed by atoms with van der Waals surface area (Å²) < 4.78 is 0. The maximum Gasteiger partial charge on any atom is 0.221 e. The number of hydrogen-bond acceptors (Lipinski definition) is 3. The molecule has 1 amide bonds. The SMILES string of the molecule is CC(C)NCCC(=O)NC(C)c1ccccn1. The first-order chi connectivity index (χ1) is 8.09. The zero-order valence-electron chi connectivity index (χ0n) is 10.7. The highest BCUT2D eigenvalue weighted by Crippen LogP contribution is 2.07. The van der Waals surface area contributed by atoms with E-state index in [1.807, 2.05) is 25.1 Å². The van der Waals surface area contributed by atoms with Gasteiger partial charge in [0.05, 0.1) is 11.7 Å². The fraction of sp³-hybridized carbons (Fsp3) is 0.538. The highest BCUT2D eigenvalue weighted by Gasteiger charge is 2.09. The fourth-order valence-electron chi connectivity index (χ4n) is 1.49.